The number of anilines is 2. The molecule has 0 unspecified atom stereocenters. The van der Waals surface area contributed by atoms with Crippen molar-refractivity contribution < 1.29 is 14.0 Å². The summed E-state index contributed by atoms with van der Waals surface area (Å²) in [5.74, 6) is -1.84. The molecule has 2 heterocycles. The molecule has 0 spiro atoms. The van der Waals surface area contributed by atoms with E-state index in [2.05, 4.69) is 45.7 Å². The van der Waals surface area contributed by atoms with Gasteiger partial charge in [-0.25, -0.2) is 4.39 Å². The van der Waals surface area contributed by atoms with Crippen LogP contribution < -0.4 is 15.5 Å². The summed E-state index contributed by atoms with van der Waals surface area (Å²) in [6.45, 7) is 3.36. The summed E-state index contributed by atoms with van der Waals surface area (Å²) >= 11 is 0. The van der Waals surface area contributed by atoms with Crippen molar-refractivity contribution in [2.24, 2.45) is 0 Å². The maximum absolute atomic E-state index is 13.0. The van der Waals surface area contributed by atoms with Crippen LogP contribution in [0, 0.1) is 5.82 Å². The summed E-state index contributed by atoms with van der Waals surface area (Å²) < 4.78 is 13.0. The first-order valence-corrected chi connectivity index (χ1v) is 10.4. The number of nitrogens with one attached hydrogen (secondary N) is 2. The Balaban J connectivity index is 1.43. The predicted octanol–water partition coefficient (Wildman–Crippen LogP) is 2.71. The molecular formula is C23H27FN4O2. The first kappa shape index (κ1) is 20.3. The highest BCUT2D eigenvalue weighted by atomic mass is 19.1. The summed E-state index contributed by atoms with van der Waals surface area (Å²) in [6.07, 6.45) is 3.31. The third-order valence-corrected chi connectivity index (χ3v) is 5.96. The topological polar surface area (TPSA) is 64.7 Å². The molecule has 2 aliphatic heterocycles. The zero-order valence-electron chi connectivity index (χ0n) is 17.2. The number of carbonyl (C=O) groups excluding carboxylic acids is 2. The minimum Gasteiger partial charge on any atom is -0.374 e. The second-order valence-electron chi connectivity index (χ2n) is 7.99. The van der Waals surface area contributed by atoms with Crippen molar-refractivity contribution in [2.75, 3.05) is 43.4 Å². The van der Waals surface area contributed by atoms with Crippen LogP contribution in [-0.4, -0.2) is 49.9 Å². The largest absolute Gasteiger partial charge is 0.374 e. The molecule has 0 aromatic heterocycles. The maximum Gasteiger partial charge on any atom is 0.313 e. The molecule has 1 atom stereocenters. The predicted molar refractivity (Wildman–Crippen MR) is 115 cm³/mol. The summed E-state index contributed by atoms with van der Waals surface area (Å²) in [7, 11) is 2.10. The van der Waals surface area contributed by atoms with E-state index in [-0.39, 0.29) is 6.04 Å². The highest BCUT2D eigenvalue weighted by Gasteiger charge is 2.27. The van der Waals surface area contributed by atoms with Gasteiger partial charge in [-0.1, -0.05) is 12.1 Å². The summed E-state index contributed by atoms with van der Waals surface area (Å²) in [5.41, 5.74) is 4.15. The molecule has 158 valence electrons. The molecule has 0 bridgehead atoms. The van der Waals surface area contributed by atoms with Gasteiger partial charge >= 0.3 is 11.8 Å². The monoisotopic (exact) mass is 410 g/mol. The first-order valence-electron chi connectivity index (χ1n) is 10.4. The van der Waals surface area contributed by atoms with E-state index in [0.29, 0.717) is 12.2 Å². The van der Waals surface area contributed by atoms with Gasteiger partial charge in [-0.05, 0) is 73.8 Å². The van der Waals surface area contributed by atoms with Crippen molar-refractivity contribution in [2.45, 2.75) is 25.3 Å². The van der Waals surface area contributed by atoms with Gasteiger partial charge in [0.15, 0.2) is 0 Å². The summed E-state index contributed by atoms with van der Waals surface area (Å²) in [4.78, 5) is 29.2. The number of rotatable bonds is 5. The SMILES string of the molecule is CN1CCc2cc([C@H](CNC(=O)C(=O)Nc3ccc(F)cc3)N3CCCC3)ccc21. The number of likely N-dealkylation sites (N-methyl/N-ethyl adjacent to an activating group) is 1. The molecule has 1 fully saturated rings. The highest BCUT2D eigenvalue weighted by Crippen LogP contribution is 2.32. The number of nitrogens with zero attached hydrogens (tertiary/aromatic N) is 2. The van der Waals surface area contributed by atoms with E-state index >= 15 is 0 Å². The van der Waals surface area contributed by atoms with Crippen LogP contribution in [0.2, 0.25) is 0 Å². The minimum absolute atomic E-state index is 0.0336. The Morgan fingerprint density at radius 2 is 1.77 bits per heavy atom. The van der Waals surface area contributed by atoms with E-state index in [0.717, 1.165) is 38.9 Å². The van der Waals surface area contributed by atoms with Crippen LogP contribution in [0.5, 0.6) is 0 Å². The van der Waals surface area contributed by atoms with Crippen LogP contribution in [0.25, 0.3) is 0 Å². The van der Waals surface area contributed by atoms with E-state index in [9.17, 15) is 14.0 Å². The van der Waals surface area contributed by atoms with Crippen molar-refractivity contribution in [3.8, 4) is 0 Å². The second kappa shape index (κ2) is 8.83. The standard InChI is InChI=1S/C23H27FN4O2/c1-27-13-10-17-14-16(4-9-20(17)27)21(28-11-2-3-12-28)15-25-22(29)23(30)26-19-7-5-18(24)6-8-19/h4-9,14,21H,2-3,10-13,15H2,1H3,(H,25,29)(H,26,30)/t21-/m0/s1. The number of halogens is 1. The molecule has 2 aliphatic rings. The second-order valence-corrected chi connectivity index (χ2v) is 7.99. The number of carbonyl (C=O) groups is 2. The van der Waals surface area contributed by atoms with Gasteiger partial charge in [-0.2, -0.15) is 0 Å². The fraction of sp³-hybridized carbons (Fsp3) is 0.391. The summed E-state index contributed by atoms with van der Waals surface area (Å²) in [6, 6.07) is 11.9. The van der Waals surface area contributed by atoms with Crippen molar-refractivity contribution in [3.05, 3.63) is 59.4 Å². The number of amides is 2. The van der Waals surface area contributed by atoms with Crippen LogP contribution in [0.15, 0.2) is 42.5 Å². The fourth-order valence-corrected chi connectivity index (χ4v) is 4.30. The lowest BCUT2D eigenvalue weighted by Crippen LogP contribution is -2.41. The average molecular weight is 410 g/mol. The smallest absolute Gasteiger partial charge is 0.313 e. The number of hydrogen-bond donors (Lipinski definition) is 2. The van der Waals surface area contributed by atoms with Gasteiger partial charge in [0.05, 0.1) is 6.04 Å². The Morgan fingerprint density at radius 1 is 1.03 bits per heavy atom. The zero-order valence-corrected chi connectivity index (χ0v) is 17.2. The maximum atomic E-state index is 13.0. The first-order chi connectivity index (χ1) is 14.5. The highest BCUT2D eigenvalue weighted by molar-refractivity contribution is 6.39. The van der Waals surface area contributed by atoms with Gasteiger partial charge in [-0.3, -0.25) is 14.5 Å². The van der Waals surface area contributed by atoms with Crippen molar-refractivity contribution in [1.82, 2.24) is 10.2 Å². The van der Waals surface area contributed by atoms with Crippen LogP contribution in [-0.2, 0) is 16.0 Å². The van der Waals surface area contributed by atoms with Crippen molar-refractivity contribution >= 4 is 23.2 Å². The number of hydrogen-bond acceptors (Lipinski definition) is 4. The van der Waals surface area contributed by atoms with E-state index in [1.165, 1.54) is 41.1 Å². The molecule has 0 aliphatic carbocycles. The van der Waals surface area contributed by atoms with Gasteiger partial charge < -0.3 is 15.5 Å². The third kappa shape index (κ3) is 4.46. The molecule has 1 saturated heterocycles. The Hall–Kier alpha value is -2.93. The molecule has 0 radical (unpaired) electrons. The quantitative estimate of drug-likeness (QED) is 0.744. The van der Waals surface area contributed by atoms with E-state index in [1.807, 2.05) is 0 Å². The number of benzene rings is 2. The van der Waals surface area contributed by atoms with E-state index < -0.39 is 17.6 Å². The molecule has 2 amide bonds. The fourth-order valence-electron chi connectivity index (χ4n) is 4.30. The lowest BCUT2D eigenvalue weighted by Gasteiger charge is -2.28. The molecule has 30 heavy (non-hydrogen) atoms. The Labute approximate surface area is 176 Å². The van der Waals surface area contributed by atoms with Gasteiger partial charge in [0, 0.05) is 31.5 Å². The molecule has 2 aromatic carbocycles. The minimum atomic E-state index is -0.752. The molecule has 7 heteroatoms. The lowest BCUT2D eigenvalue weighted by molar-refractivity contribution is -0.136. The molecule has 6 nitrogen and oxygen atoms in total. The average Bonchev–Trinajstić information content (AvgIpc) is 3.40. The molecule has 2 aromatic rings. The Kier molecular flexibility index (Phi) is 5.99. The summed E-state index contributed by atoms with van der Waals surface area (Å²) in [5, 5.41) is 5.29. The van der Waals surface area contributed by atoms with Crippen LogP contribution >= 0.6 is 0 Å². The number of fused-ring (bicyclic) bond motifs is 1. The van der Waals surface area contributed by atoms with Crippen LogP contribution in [0.4, 0.5) is 15.8 Å². The zero-order chi connectivity index (χ0) is 21.1. The molecule has 4 rings (SSSR count). The van der Waals surface area contributed by atoms with Gasteiger partial charge in [0.1, 0.15) is 5.82 Å². The molecule has 2 N–H and O–H groups in total. The van der Waals surface area contributed by atoms with Gasteiger partial charge in [0.25, 0.3) is 0 Å². The molecular weight excluding hydrogens is 383 g/mol. The van der Waals surface area contributed by atoms with Gasteiger partial charge in [0.2, 0.25) is 0 Å². The Bertz CT molecular complexity index is 925. The lowest BCUT2D eigenvalue weighted by atomic mass is 10.0. The van der Waals surface area contributed by atoms with E-state index in [1.54, 1.807) is 0 Å². The number of likely N-dealkylation sites (tertiary alicyclic amines) is 1. The van der Waals surface area contributed by atoms with Gasteiger partial charge in [-0.15, -0.1) is 0 Å². The van der Waals surface area contributed by atoms with Crippen LogP contribution in [0.1, 0.15) is 30.0 Å². The molecule has 0 saturated carbocycles. The Morgan fingerprint density at radius 3 is 2.50 bits per heavy atom. The van der Waals surface area contributed by atoms with E-state index in [4.69, 9.17) is 0 Å². The van der Waals surface area contributed by atoms with Crippen LogP contribution in [0.3, 0.4) is 0 Å². The van der Waals surface area contributed by atoms with Crippen molar-refractivity contribution in [3.63, 3.8) is 0 Å². The van der Waals surface area contributed by atoms with Crippen molar-refractivity contribution in [1.29, 1.82) is 0 Å². The normalized spacial score (nSPS) is 16.9. The third-order valence-electron chi connectivity index (χ3n) is 5.96.